The minimum atomic E-state index is -0.591. The summed E-state index contributed by atoms with van der Waals surface area (Å²) >= 11 is 17.9. The number of rotatable bonds is 4. The van der Waals surface area contributed by atoms with Crippen LogP contribution in [0, 0.1) is 10.1 Å². The lowest BCUT2D eigenvalue weighted by atomic mass is 10.2. The zero-order valence-corrected chi connectivity index (χ0v) is 12.7. The van der Waals surface area contributed by atoms with Crippen molar-refractivity contribution in [1.29, 1.82) is 0 Å². The van der Waals surface area contributed by atoms with Crippen LogP contribution in [-0.2, 0) is 6.54 Å². The fourth-order valence-electron chi connectivity index (χ4n) is 1.65. The number of benzene rings is 2. The molecule has 0 spiro atoms. The summed E-state index contributed by atoms with van der Waals surface area (Å²) in [7, 11) is 0. The van der Waals surface area contributed by atoms with Gasteiger partial charge in [-0.05, 0) is 12.1 Å². The number of nitrogens with zero attached hydrogens (tertiary/aromatic N) is 1. The van der Waals surface area contributed by atoms with E-state index < -0.39 is 4.92 Å². The van der Waals surface area contributed by atoms with E-state index in [0.29, 0.717) is 16.3 Å². The van der Waals surface area contributed by atoms with Gasteiger partial charge in [-0.3, -0.25) is 10.1 Å². The minimum Gasteiger partial charge on any atom is -0.454 e. The van der Waals surface area contributed by atoms with Gasteiger partial charge < -0.3 is 10.5 Å². The third-order valence-corrected chi connectivity index (χ3v) is 3.45. The van der Waals surface area contributed by atoms with Crippen LogP contribution in [0.15, 0.2) is 30.3 Å². The van der Waals surface area contributed by atoms with E-state index in [4.69, 9.17) is 45.3 Å². The molecule has 0 radical (unpaired) electrons. The lowest BCUT2D eigenvalue weighted by Crippen LogP contribution is -2.00. The molecule has 110 valence electrons. The molecule has 0 heterocycles. The summed E-state index contributed by atoms with van der Waals surface area (Å²) in [6.45, 7) is 0.231. The van der Waals surface area contributed by atoms with Gasteiger partial charge in [0.2, 0.25) is 0 Å². The molecular formula is C13H9Cl3N2O3. The number of halogens is 3. The molecule has 0 amide bonds. The predicted octanol–water partition coefficient (Wildman–Crippen LogP) is 4.81. The van der Waals surface area contributed by atoms with Gasteiger partial charge in [0.25, 0.3) is 5.69 Å². The Kier molecular flexibility index (Phi) is 4.90. The van der Waals surface area contributed by atoms with E-state index in [1.54, 1.807) is 18.2 Å². The van der Waals surface area contributed by atoms with Gasteiger partial charge in [0.05, 0.1) is 15.0 Å². The Balaban J connectivity index is 2.45. The number of hydrogen-bond donors (Lipinski definition) is 1. The largest absolute Gasteiger partial charge is 0.454 e. The van der Waals surface area contributed by atoms with Crippen LogP contribution in [0.2, 0.25) is 15.1 Å². The number of non-ortho nitro benzene ring substituents is 1. The zero-order valence-electron chi connectivity index (χ0n) is 10.5. The Morgan fingerprint density at radius 3 is 2.29 bits per heavy atom. The van der Waals surface area contributed by atoms with Crippen molar-refractivity contribution in [2.75, 3.05) is 0 Å². The molecule has 2 aromatic rings. The van der Waals surface area contributed by atoms with Gasteiger partial charge >= 0.3 is 0 Å². The molecule has 21 heavy (non-hydrogen) atoms. The molecule has 0 aliphatic rings. The standard InChI is InChI=1S/C13H9Cl3N2O3/c14-8-2-1-7(6-17)12(3-8)21-13-10(15)4-9(18(19)20)5-11(13)16/h1-5H,6,17H2. The van der Waals surface area contributed by atoms with Gasteiger partial charge in [-0.25, -0.2) is 0 Å². The SMILES string of the molecule is NCc1ccc(Cl)cc1Oc1c(Cl)cc([N+](=O)[O-])cc1Cl. The third kappa shape index (κ3) is 3.57. The Morgan fingerprint density at radius 2 is 1.76 bits per heavy atom. The minimum absolute atomic E-state index is 0.0251. The van der Waals surface area contributed by atoms with Gasteiger partial charge in [0.1, 0.15) is 5.75 Å². The second kappa shape index (κ2) is 6.49. The first-order chi connectivity index (χ1) is 9.92. The van der Waals surface area contributed by atoms with Crippen LogP contribution in [0.4, 0.5) is 5.69 Å². The van der Waals surface area contributed by atoms with Crippen LogP contribution >= 0.6 is 34.8 Å². The molecule has 0 aliphatic carbocycles. The summed E-state index contributed by atoms with van der Waals surface area (Å²) in [5, 5.41) is 11.2. The average molecular weight is 348 g/mol. The number of nitrogens with two attached hydrogens (primary N) is 1. The molecular weight excluding hydrogens is 339 g/mol. The summed E-state index contributed by atoms with van der Waals surface area (Å²) in [6, 6.07) is 7.28. The fourth-order valence-corrected chi connectivity index (χ4v) is 2.37. The predicted molar refractivity (Wildman–Crippen MR) is 82.5 cm³/mol. The molecule has 0 unspecified atom stereocenters. The number of nitro benzene ring substituents is 1. The first-order valence-corrected chi connectivity index (χ1v) is 6.85. The summed E-state index contributed by atoms with van der Waals surface area (Å²) < 4.78 is 5.63. The molecule has 0 atom stereocenters. The normalized spacial score (nSPS) is 10.5. The lowest BCUT2D eigenvalue weighted by molar-refractivity contribution is -0.384. The maximum atomic E-state index is 10.7. The second-order valence-corrected chi connectivity index (χ2v) is 5.30. The van der Waals surface area contributed by atoms with Crippen molar-refractivity contribution in [3.8, 4) is 11.5 Å². The zero-order chi connectivity index (χ0) is 15.6. The van der Waals surface area contributed by atoms with Crippen LogP contribution in [0.3, 0.4) is 0 Å². The van der Waals surface area contributed by atoms with Crippen molar-refractivity contribution < 1.29 is 9.66 Å². The molecule has 2 aromatic carbocycles. The highest BCUT2D eigenvalue weighted by Gasteiger charge is 2.17. The molecule has 0 aromatic heterocycles. The maximum absolute atomic E-state index is 10.7. The topological polar surface area (TPSA) is 78.4 Å². The first kappa shape index (κ1) is 15.9. The lowest BCUT2D eigenvalue weighted by Gasteiger charge is -2.13. The van der Waals surface area contributed by atoms with Gasteiger partial charge in [0, 0.05) is 29.3 Å². The Bertz CT molecular complexity index is 684. The monoisotopic (exact) mass is 346 g/mol. The molecule has 2 rings (SSSR count). The van der Waals surface area contributed by atoms with Crippen LogP contribution in [0.1, 0.15) is 5.56 Å². The van der Waals surface area contributed by atoms with E-state index in [2.05, 4.69) is 0 Å². The molecule has 0 fully saturated rings. The summed E-state index contributed by atoms with van der Waals surface area (Å²) in [5.41, 5.74) is 6.09. The van der Waals surface area contributed by atoms with Gasteiger partial charge in [-0.1, -0.05) is 40.9 Å². The third-order valence-electron chi connectivity index (χ3n) is 2.66. The molecule has 0 saturated heterocycles. The van der Waals surface area contributed by atoms with E-state index >= 15 is 0 Å². The molecule has 8 heteroatoms. The van der Waals surface area contributed by atoms with Crippen molar-refractivity contribution in [1.82, 2.24) is 0 Å². The van der Waals surface area contributed by atoms with E-state index in [1.165, 1.54) is 0 Å². The van der Waals surface area contributed by atoms with Crippen molar-refractivity contribution in [3.63, 3.8) is 0 Å². The second-order valence-electron chi connectivity index (χ2n) is 4.05. The highest BCUT2D eigenvalue weighted by molar-refractivity contribution is 6.37. The van der Waals surface area contributed by atoms with Crippen LogP contribution in [0.25, 0.3) is 0 Å². The van der Waals surface area contributed by atoms with Crippen molar-refractivity contribution in [2.24, 2.45) is 5.73 Å². The van der Waals surface area contributed by atoms with Crippen molar-refractivity contribution in [2.45, 2.75) is 6.54 Å². The summed E-state index contributed by atoms with van der Waals surface area (Å²) in [4.78, 5) is 10.1. The highest BCUT2D eigenvalue weighted by atomic mass is 35.5. The number of ether oxygens (including phenoxy) is 1. The van der Waals surface area contributed by atoms with Gasteiger partial charge in [0.15, 0.2) is 5.75 Å². The van der Waals surface area contributed by atoms with Crippen LogP contribution < -0.4 is 10.5 Å². The van der Waals surface area contributed by atoms with Crippen LogP contribution in [-0.4, -0.2) is 4.92 Å². The first-order valence-electron chi connectivity index (χ1n) is 5.72. The highest BCUT2D eigenvalue weighted by Crippen LogP contribution is 2.40. The van der Waals surface area contributed by atoms with Crippen molar-refractivity contribution in [3.05, 3.63) is 61.1 Å². The molecule has 0 aliphatic heterocycles. The van der Waals surface area contributed by atoms with Gasteiger partial charge in [-0.15, -0.1) is 0 Å². The smallest absolute Gasteiger partial charge is 0.272 e. The molecule has 0 bridgehead atoms. The van der Waals surface area contributed by atoms with Crippen molar-refractivity contribution >= 4 is 40.5 Å². The van der Waals surface area contributed by atoms with Crippen LogP contribution in [0.5, 0.6) is 11.5 Å². The fraction of sp³-hybridized carbons (Fsp3) is 0.0769. The average Bonchev–Trinajstić information content (AvgIpc) is 2.42. The molecule has 0 saturated carbocycles. The van der Waals surface area contributed by atoms with Gasteiger partial charge in [-0.2, -0.15) is 0 Å². The van der Waals surface area contributed by atoms with E-state index in [9.17, 15) is 10.1 Å². The summed E-state index contributed by atoms with van der Waals surface area (Å²) in [6.07, 6.45) is 0. The molecule has 2 N–H and O–H groups in total. The Labute approximate surface area is 135 Å². The number of nitro groups is 1. The van der Waals surface area contributed by atoms with E-state index in [0.717, 1.165) is 12.1 Å². The maximum Gasteiger partial charge on any atom is 0.272 e. The Hall–Kier alpha value is -1.53. The summed E-state index contributed by atoms with van der Waals surface area (Å²) in [5.74, 6) is 0.503. The van der Waals surface area contributed by atoms with E-state index in [-0.39, 0.29) is 28.0 Å². The quantitative estimate of drug-likeness (QED) is 0.636. The van der Waals surface area contributed by atoms with E-state index in [1.807, 2.05) is 0 Å². The number of hydrogen-bond acceptors (Lipinski definition) is 4. The molecule has 5 nitrogen and oxygen atoms in total. The Morgan fingerprint density at radius 1 is 1.14 bits per heavy atom.